The van der Waals surface area contributed by atoms with Gasteiger partial charge >= 0.3 is 12.0 Å². The first-order valence-electron chi connectivity index (χ1n) is 8.47. The zero-order chi connectivity index (χ0) is 18.5. The number of urea groups is 1. The summed E-state index contributed by atoms with van der Waals surface area (Å²) in [7, 11) is 1.34. The van der Waals surface area contributed by atoms with Crippen LogP contribution in [0.2, 0.25) is 0 Å². The Morgan fingerprint density at radius 3 is 2.81 bits per heavy atom. The zero-order valence-electron chi connectivity index (χ0n) is 14.7. The average Bonchev–Trinajstić information content (AvgIpc) is 3.25. The maximum absolute atomic E-state index is 12.4. The average molecular weight is 371 g/mol. The molecule has 0 aliphatic rings. The molecule has 3 rings (SSSR count). The van der Waals surface area contributed by atoms with Gasteiger partial charge in [-0.3, -0.25) is 0 Å². The second kappa shape index (κ2) is 8.05. The summed E-state index contributed by atoms with van der Waals surface area (Å²) in [5, 5.41) is 6.57. The molecule has 0 bridgehead atoms. The summed E-state index contributed by atoms with van der Waals surface area (Å²) >= 11 is 1.36. The summed E-state index contributed by atoms with van der Waals surface area (Å²) in [4.78, 5) is 28.9. The fourth-order valence-electron chi connectivity index (χ4n) is 2.67. The molecule has 0 spiro atoms. The van der Waals surface area contributed by atoms with Crippen LogP contribution in [0, 0.1) is 0 Å². The van der Waals surface area contributed by atoms with Gasteiger partial charge in [-0.05, 0) is 43.2 Å². The smallest absolute Gasteiger partial charge is 0.350 e. The lowest BCUT2D eigenvalue weighted by Gasteiger charge is -2.08. The number of anilines is 2. The molecule has 3 aromatic rings. The number of hydrogen-bond donors (Lipinski definition) is 3. The van der Waals surface area contributed by atoms with E-state index in [4.69, 9.17) is 4.74 Å². The van der Waals surface area contributed by atoms with E-state index in [0.717, 1.165) is 35.0 Å². The van der Waals surface area contributed by atoms with E-state index >= 15 is 0 Å². The number of thiophene rings is 1. The van der Waals surface area contributed by atoms with Crippen LogP contribution in [0.15, 0.2) is 36.5 Å². The molecule has 6 nitrogen and oxygen atoms in total. The minimum Gasteiger partial charge on any atom is -0.465 e. The van der Waals surface area contributed by atoms with Crippen LogP contribution in [0.3, 0.4) is 0 Å². The molecule has 0 saturated heterocycles. The molecule has 26 heavy (non-hydrogen) atoms. The van der Waals surface area contributed by atoms with Gasteiger partial charge in [0.2, 0.25) is 0 Å². The number of fused-ring (bicyclic) bond motifs is 1. The Labute approximate surface area is 155 Å². The van der Waals surface area contributed by atoms with Gasteiger partial charge in [-0.25, -0.2) is 9.59 Å². The second-order valence-corrected chi connectivity index (χ2v) is 7.05. The number of ether oxygens (including phenoxy) is 1. The zero-order valence-corrected chi connectivity index (χ0v) is 15.5. The molecular formula is C19H21N3O3S. The molecule has 7 heteroatoms. The molecule has 0 aliphatic carbocycles. The van der Waals surface area contributed by atoms with Crippen LogP contribution in [0.4, 0.5) is 16.2 Å². The Balaban J connectivity index is 1.74. The van der Waals surface area contributed by atoms with E-state index in [1.807, 2.05) is 36.5 Å². The molecule has 2 aromatic heterocycles. The normalized spacial score (nSPS) is 10.7. The third kappa shape index (κ3) is 4.05. The summed E-state index contributed by atoms with van der Waals surface area (Å²) in [5.74, 6) is -0.443. The van der Waals surface area contributed by atoms with Gasteiger partial charge in [0.05, 0.1) is 12.8 Å². The number of carbonyl (C=O) groups is 2. The summed E-state index contributed by atoms with van der Waals surface area (Å²) in [6.07, 6.45) is 4.82. The highest BCUT2D eigenvalue weighted by Gasteiger charge is 2.18. The molecule has 0 atom stereocenters. The van der Waals surface area contributed by atoms with Crippen LogP contribution >= 0.6 is 11.3 Å². The van der Waals surface area contributed by atoms with Crippen molar-refractivity contribution in [2.24, 2.45) is 0 Å². The molecule has 0 fully saturated rings. The first kappa shape index (κ1) is 18.0. The topological polar surface area (TPSA) is 83.2 Å². The predicted molar refractivity (Wildman–Crippen MR) is 105 cm³/mol. The number of aryl methyl sites for hydroxylation is 1. The van der Waals surface area contributed by atoms with Crippen LogP contribution in [-0.4, -0.2) is 24.1 Å². The van der Waals surface area contributed by atoms with Crippen LogP contribution in [0.1, 0.15) is 34.3 Å². The Morgan fingerprint density at radius 2 is 2.04 bits per heavy atom. The first-order valence-corrected chi connectivity index (χ1v) is 9.28. The molecule has 136 valence electrons. The molecule has 0 saturated carbocycles. The highest BCUT2D eigenvalue weighted by molar-refractivity contribution is 7.14. The Morgan fingerprint density at radius 1 is 1.19 bits per heavy atom. The third-order valence-electron chi connectivity index (χ3n) is 3.99. The summed E-state index contributed by atoms with van der Waals surface area (Å²) < 4.78 is 4.83. The maximum Gasteiger partial charge on any atom is 0.350 e. The van der Waals surface area contributed by atoms with Crippen molar-refractivity contribution in [3.05, 3.63) is 46.3 Å². The highest BCUT2D eigenvalue weighted by atomic mass is 32.1. The number of hydrogen-bond acceptors (Lipinski definition) is 4. The van der Waals surface area contributed by atoms with Crippen molar-refractivity contribution in [1.29, 1.82) is 0 Å². The molecule has 1 aromatic carbocycles. The molecule has 3 N–H and O–H groups in total. The first-order chi connectivity index (χ1) is 12.6. The van der Waals surface area contributed by atoms with Gasteiger partial charge in [-0.2, -0.15) is 0 Å². The number of aromatic amines is 1. The van der Waals surface area contributed by atoms with Gasteiger partial charge in [0.25, 0.3) is 0 Å². The fraction of sp³-hybridized carbons (Fsp3) is 0.263. The molecular weight excluding hydrogens is 350 g/mol. The third-order valence-corrected chi connectivity index (χ3v) is 5.16. The number of rotatable bonds is 6. The number of H-pyrrole nitrogens is 1. The van der Waals surface area contributed by atoms with E-state index in [1.165, 1.54) is 18.4 Å². The molecule has 2 amide bonds. The SMILES string of the molecule is CCCCc1cc(NC(=O)Nc2ccc3[nH]ccc3c2)c(C(=O)OC)s1. The van der Waals surface area contributed by atoms with Crippen molar-refractivity contribution in [3.63, 3.8) is 0 Å². The van der Waals surface area contributed by atoms with Crippen molar-refractivity contribution < 1.29 is 14.3 Å². The van der Waals surface area contributed by atoms with Crippen molar-refractivity contribution in [2.45, 2.75) is 26.2 Å². The lowest BCUT2D eigenvalue weighted by Crippen LogP contribution is -2.20. The summed E-state index contributed by atoms with van der Waals surface area (Å²) in [5.41, 5.74) is 2.16. The fourth-order valence-corrected chi connectivity index (χ4v) is 3.74. The lowest BCUT2D eigenvalue weighted by atomic mass is 10.2. The number of esters is 1. The van der Waals surface area contributed by atoms with Crippen LogP contribution in [0.5, 0.6) is 0 Å². The quantitative estimate of drug-likeness (QED) is 0.533. The second-order valence-electron chi connectivity index (χ2n) is 5.91. The van der Waals surface area contributed by atoms with Gasteiger partial charge in [0.1, 0.15) is 4.88 Å². The van der Waals surface area contributed by atoms with E-state index in [0.29, 0.717) is 16.3 Å². The van der Waals surface area contributed by atoms with E-state index in [9.17, 15) is 9.59 Å². The molecule has 0 radical (unpaired) electrons. The minimum atomic E-state index is -0.443. The number of aromatic nitrogens is 1. The van der Waals surface area contributed by atoms with Gasteiger partial charge in [-0.1, -0.05) is 13.3 Å². The van der Waals surface area contributed by atoms with Crippen molar-refractivity contribution in [2.75, 3.05) is 17.7 Å². The standard InChI is InChI=1S/C19H21N3O3S/c1-3-4-5-14-11-16(17(26-14)18(23)25-2)22-19(24)21-13-6-7-15-12(10-13)8-9-20-15/h6-11,20H,3-5H2,1-2H3,(H2,21,22,24). The lowest BCUT2D eigenvalue weighted by molar-refractivity contribution is 0.0607. The van der Waals surface area contributed by atoms with E-state index in [1.54, 1.807) is 0 Å². The van der Waals surface area contributed by atoms with Crippen LogP contribution in [0.25, 0.3) is 10.9 Å². The van der Waals surface area contributed by atoms with Gasteiger partial charge in [0, 0.05) is 27.7 Å². The maximum atomic E-state index is 12.4. The number of benzene rings is 1. The van der Waals surface area contributed by atoms with Gasteiger partial charge in [0.15, 0.2) is 0 Å². The molecule has 2 heterocycles. The number of unbranched alkanes of at least 4 members (excludes halogenated alkanes) is 1. The number of methoxy groups -OCH3 is 1. The number of carbonyl (C=O) groups excluding carboxylic acids is 2. The van der Waals surface area contributed by atoms with E-state index < -0.39 is 12.0 Å². The summed E-state index contributed by atoms with van der Waals surface area (Å²) in [6, 6.07) is 8.99. The van der Waals surface area contributed by atoms with Gasteiger partial charge < -0.3 is 20.4 Å². The van der Waals surface area contributed by atoms with Gasteiger partial charge in [-0.15, -0.1) is 11.3 Å². The Hall–Kier alpha value is -2.80. The summed E-state index contributed by atoms with van der Waals surface area (Å²) in [6.45, 7) is 2.11. The van der Waals surface area contributed by atoms with Crippen LogP contribution < -0.4 is 10.6 Å². The van der Waals surface area contributed by atoms with Crippen molar-refractivity contribution >= 4 is 45.6 Å². The Bertz CT molecular complexity index is 929. The van der Waals surface area contributed by atoms with E-state index in [2.05, 4.69) is 22.5 Å². The largest absolute Gasteiger partial charge is 0.465 e. The number of nitrogens with one attached hydrogen (secondary N) is 3. The molecule has 0 unspecified atom stereocenters. The highest BCUT2D eigenvalue weighted by Crippen LogP contribution is 2.29. The monoisotopic (exact) mass is 371 g/mol. The predicted octanol–water partition coefficient (Wildman–Crippen LogP) is 5.00. The number of amides is 2. The molecule has 0 aliphatic heterocycles. The minimum absolute atomic E-state index is 0.398. The van der Waals surface area contributed by atoms with Crippen molar-refractivity contribution in [1.82, 2.24) is 4.98 Å². The van der Waals surface area contributed by atoms with Crippen molar-refractivity contribution in [3.8, 4) is 0 Å². The van der Waals surface area contributed by atoms with Crippen LogP contribution in [-0.2, 0) is 11.2 Å². The van der Waals surface area contributed by atoms with E-state index in [-0.39, 0.29) is 0 Å². The Kier molecular flexibility index (Phi) is 5.58.